The van der Waals surface area contributed by atoms with Crippen molar-refractivity contribution in [1.29, 1.82) is 0 Å². The van der Waals surface area contributed by atoms with E-state index < -0.39 is 0 Å². The molecule has 2 heterocycles. The maximum Gasteiger partial charge on any atom is 0.227 e. The molecule has 0 aliphatic carbocycles. The first-order chi connectivity index (χ1) is 14.1. The second kappa shape index (κ2) is 8.45. The van der Waals surface area contributed by atoms with E-state index in [1.165, 1.54) is 6.33 Å². The van der Waals surface area contributed by atoms with Crippen LogP contribution in [0.25, 0.3) is 0 Å². The molecule has 2 aromatic carbocycles. The largest absolute Gasteiger partial charge is 0.352 e. The number of nitrogens with zero attached hydrogens (tertiary/aromatic N) is 4. The molecular formula is C21H20ClN5O2. The summed E-state index contributed by atoms with van der Waals surface area (Å²) in [5.41, 5.74) is 2.82. The van der Waals surface area contributed by atoms with Gasteiger partial charge in [0.15, 0.2) is 0 Å². The van der Waals surface area contributed by atoms with E-state index in [1.54, 1.807) is 34.1 Å². The highest BCUT2D eigenvalue weighted by atomic mass is 35.5. The van der Waals surface area contributed by atoms with E-state index in [1.807, 2.05) is 30.3 Å². The zero-order valence-corrected chi connectivity index (χ0v) is 16.4. The SMILES string of the molecule is O=C(NCc1ccc(Cn2cncn2)cc1)[C@@H]1CC(=O)N(c2cccc(Cl)c2)C1. The van der Waals surface area contributed by atoms with Crippen molar-refractivity contribution in [2.24, 2.45) is 5.92 Å². The number of anilines is 1. The van der Waals surface area contributed by atoms with Crippen molar-refractivity contribution in [3.05, 3.63) is 77.3 Å². The van der Waals surface area contributed by atoms with Gasteiger partial charge in [-0.3, -0.25) is 9.59 Å². The third-order valence-electron chi connectivity index (χ3n) is 4.92. The minimum absolute atomic E-state index is 0.0649. The second-order valence-electron chi connectivity index (χ2n) is 7.01. The molecule has 0 unspecified atom stereocenters. The highest BCUT2D eigenvalue weighted by Gasteiger charge is 2.35. The molecule has 1 aliphatic rings. The number of amides is 2. The van der Waals surface area contributed by atoms with Gasteiger partial charge in [0, 0.05) is 30.2 Å². The van der Waals surface area contributed by atoms with E-state index in [-0.39, 0.29) is 24.2 Å². The van der Waals surface area contributed by atoms with Crippen LogP contribution in [0, 0.1) is 5.92 Å². The van der Waals surface area contributed by atoms with Gasteiger partial charge in [0.05, 0.1) is 12.5 Å². The van der Waals surface area contributed by atoms with Crippen LogP contribution in [0.4, 0.5) is 5.69 Å². The van der Waals surface area contributed by atoms with Crippen molar-refractivity contribution in [2.75, 3.05) is 11.4 Å². The van der Waals surface area contributed by atoms with E-state index >= 15 is 0 Å². The van der Waals surface area contributed by atoms with Gasteiger partial charge in [-0.1, -0.05) is 41.9 Å². The zero-order chi connectivity index (χ0) is 20.2. The fourth-order valence-corrected chi connectivity index (χ4v) is 3.56. The van der Waals surface area contributed by atoms with Crippen LogP contribution in [-0.4, -0.2) is 33.1 Å². The fraction of sp³-hybridized carbons (Fsp3) is 0.238. The van der Waals surface area contributed by atoms with Crippen molar-refractivity contribution in [3.63, 3.8) is 0 Å². The molecule has 4 rings (SSSR count). The van der Waals surface area contributed by atoms with Crippen LogP contribution in [0.5, 0.6) is 0 Å². The average Bonchev–Trinajstić information content (AvgIpc) is 3.37. The lowest BCUT2D eigenvalue weighted by Crippen LogP contribution is -2.32. The van der Waals surface area contributed by atoms with Crippen molar-refractivity contribution in [2.45, 2.75) is 19.5 Å². The third-order valence-corrected chi connectivity index (χ3v) is 5.15. The fourth-order valence-electron chi connectivity index (χ4n) is 3.37. The molecule has 8 heteroatoms. The summed E-state index contributed by atoms with van der Waals surface area (Å²) in [7, 11) is 0. The molecule has 0 saturated carbocycles. The monoisotopic (exact) mass is 409 g/mol. The number of carbonyl (C=O) groups excluding carboxylic acids is 2. The number of carbonyl (C=O) groups is 2. The molecule has 7 nitrogen and oxygen atoms in total. The van der Waals surface area contributed by atoms with Gasteiger partial charge in [0.25, 0.3) is 0 Å². The minimum Gasteiger partial charge on any atom is -0.352 e. The lowest BCUT2D eigenvalue weighted by atomic mass is 10.1. The number of rotatable bonds is 6. The van der Waals surface area contributed by atoms with Crippen LogP contribution in [0.3, 0.4) is 0 Å². The molecule has 3 aromatic rings. The highest BCUT2D eigenvalue weighted by molar-refractivity contribution is 6.31. The summed E-state index contributed by atoms with van der Waals surface area (Å²) in [4.78, 5) is 30.4. The summed E-state index contributed by atoms with van der Waals surface area (Å²) in [5.74, 6) is -0.549. The minimum atomic E-state index is -0.368. The van der Waals surface area contributed by atoms with E-state index in [0.717, 1.165) is 16.8 Å². The standard InChI is InChI=1S/C21H20ClN5O2/c22-18-2-1-3-19(9-18)27-12-17(8-20(27)28)21(29)24-10-15-4-6-16(7-5-15)11-26-14-23-13-25-26/h1-7,9,13-14,17H,8,10-12H2,(H,24,29)/t17-/m1/s1. The van der Waals surface area contributed by atoms with Crippen molar-refractivity contribution >= 4 is 29.1 Å². The molecule has 29 heavy (non-hydrogen) atoms. The number of nitrogens with one attached hydrogen (secondary N) is 1. The Hall–Kier alpha value is -3.19. The molecule has 0 bridgehead atoms. The normalized spacial score (nSPS) is 16.2. The Morgan fingerprint density at radius 2 is 1.97 bits per heavy atom. The van der Waals surface area contributed by atoms with Crippen LogP contribution in [0.2, 0.25) is 5.02 Å². The first-order valence-electron chi connectivity index (χ1n) is 9.32. The summed E-state index contributed by atoms with van der Waals surface area (Å²) in [6, 6.07) is 15.1. The predicted molar refractivity (Wildman–Crippen MR) is 109 cm³/mol. The smallest absolute Gasteiger partial charge is 0.227 e. The van der Waals surface area contributed by atoms with Crippen LogP contribution in [-0.2, 0) is 22.7 Å². The molecule has 1 N–H and O–H groups in total. The number of aromatic nitrogens is 3. The number of halogens is 1. The van der Waals surface area contributed by atoms with Crippen LogP contribution in [0.15, 0.2) is 61.2 Å². The molecular weight excluding hydrogens is 390 g/mol. The van der Waals surface area contributed by atoms with Gasteiger partial charge >= 0.3 is 0 Å². The Bertz CT molecular complexity index is 1000. The van der Waals surface area contributed by atoms with E-state index in [0.29, 0.717) is 24.7 Å². The molecule has 1 aliphatic heterocycles. The Morgan fingerprint density at radius 1 is 1.17 bits per heavy atom. The molecule has 0 spiro atoms. The van der Waals surface area contributed by atoms with Crippen molar-refractivity contribution in [3.8, 4) is 0 Å². The molecule has 1 aromatic heterocycles. The first kappa shape index (κ1) is 19.1. The molecule has 1 fully saturated rings. The number of benzene rings is 2. The average molecular weight is 410 g/mol. The van der Waals surface area contributed by atoms with Crippen LogP contribution >= 0.6 is 11.6 Å². The van der Waals surface area contributed by atoms with Crippen molar-refractivity contribution < 1.29 is 9.59 Å². The Kier molecular flexibility index (Phi) is 5.57. The van der Waals surface area contributed by atoms with Gasteiger partial charge in [-0.2, -0.15) is 5.10 Å². The number of hydrogen-bond acceptors (Lipinski definition) is 4. The van der Waals surface area contributed by atoms with E-state index in [2.05, 4.69) is 15.4 Å². The lowest BCUT2D eigenvalue weighted by Gasteiger charge is -2.17. The molecule has 148 valence electrons. The van der Waals surface area contributed by atoms with Gasteiger partial charge in [-0.05, 0) is 29.3 Å². The summed E-state index contributed by atoms with van der Waals surface area (Å²) in [5, 5.41) is 7.59. The Labute approximate surface area is 173 Å². The predicted octanol–water partition coefficient (Wildman–Crippen LogP) is 2.65. The van der Waals surface area contributed by atoms with Gasteiger partial charge in [0.1, 0.15) is 12.7 Å². The summed E-state index contributed by atoms with van der Waals surface area (Å²) in [6.07, 6.45) is 3.38. The molecule has 1 saturated heterocycles. The topological polar surface area (TPSA) is 80.1 Å². The zero-order valence-electron chi connectivity index (χ0n) is 15.7. The van der Waals surface area contributed by atoms with Crippen LogP contribution < -0.4 is 10.2 Å². The quantitative estimate of drug-likeness (QED) is 0.678. The van der Waals surface area contributed by atoms with E-state index in [4.69, 9.17) is 11.6 Å². The Morgan fingerprint density at radius 3 is 2.69 bits per heavy atom. The summed E-state index contributed by atoms with van der Waals surface area (Å²) < 4.78 is 1.75. The van der Waals surface area contributed by atoms with E-state index in [9.17, 15) is 9.59 Å². The second-order valence-corrected chi connectivity index (χ2v) is 7.45. The third kappa shape index (κ3) is 4.63. The van der Waals surface area contributed by atoms with Crippen LogP contribution in [0.1, 0.15) is 17.5 Å². The maximum absolute atomic E-state index is 12.6. The van der Waals surface area contributed by atoms with Gasteiger partial charge in [-0.25, -0.2) is 9.67 Å². The molecule has 1 atom stereocenters. The Balaban J connectivity index is 1.31. The maximum atomic E-state index is 12.6. The first-order valence-corrected chi connectivity index (χ1v) is 9.70. The molecule has 0 radical (unpaired) electrons. The van der Waals surface area contributed by atoms with Crippen molar-refractivity contribution in [1.82, 2.24) is 20.1 Å². The van der Waals surface area contributed by atoms with Gasteiger partial charge in [-0.15, -0.1) is 0 Å². The number of hydrogen-bond donors (Lipinski definition) is 1. The van der Waals surface area contributed by atoms with Gasteiger partial charge in [0.2, 0.25) is 11.8 Å². The summed E-state index contributed by atoms with van der Waals surface area (Å²) in [6.45, 7) is 1.43. The van der Waals surface area contributed by atoms with Gasteiger partial charge < -0.3 is 10.2 Å². The molecule has 2 amide bonds. The summed E-state index contributed by atoms with van der Waals surface area (Å²) >= 11 is 6.01. The lowest BCUT2D eigenvalue weighted by molar-refractivity contribution is -0.126. The highest BCUT2D eigenvalue weighted by Crippen LogP contribution is 2.27.